The van der Waals surface area contributed by atoms with Gasteiger partial charge in [0.1, 0.15) is 17.5 Å². The van der Waals surface area contributed by atoms with Crippen molar-refractivity contribution in [1.29, 1.82) is 0 Å². The van der Waals surface area contributed by atoms with Gasteiger partial charge in [0.15, 0.2) is 5.82 Å². The Labute approximate surface area is 196 Å². The van der Waals surface area contributed by atoms with E-state index in [-0.39, 0.29) is 17.1 Å². The lowest BCUT2D eigenvalue weighted by atomic mass is 9.57. The minimum atomic E-state index is -0.314. The fourth-order valence-electron chi connectivity index (χ4n) is 5.60. The zero-order chi connectivity index (χ0) is 22.7. The number of amides is 1. The Morgan fingerprint density at radius 3 is 2.73 bits per heavy atom. The van der Waals surface area contributed by atoms with Crippen LogP contribution in [0.25, 0.3) is 5.69 Å². The number of carbonyl (C=O) groups excluding carboxylic acids is 1. The summed E-state index contributed by atoms with van der Waals surface area (Å²) in [5.41, 5.74) is 2.27. The highest BCUT2D eigenvalue weighted by Crippen LogP contribution is 2.56. The molecule has 1 saturated carbocycles. The SMILES string of the molecule is CCC(=O)N1Cc2cc(Cl)ccc2-n2c(nnc2C2CC3(C2)CN(c2ccc(F)cn2)C3)C1. The van der Waals surface area contributed by atoms with E-state index in [9.17, 15) is 9.18 Å². The Morgan fingerprint density at radius 1 is 1.18 bits per heavy atom. The maximum absolute atomic E-state index is 13.2. The number of aromatic nitrogens is 4. The Morgan fingerprint density at radius 2 is 2.00 bits per heavy atom. The van der Waals surface area contributed by atoms with Gasteiger partial charge < -0.3 is 9.80 Å². The minimum absolute atomic E-state index is 0.0884. The van der Waals surface area contributed by atoms with Crippen molar-refractivity contribution in [2.75, 3.05) is 18.0 Å². The summed E-state index contributed by atoms with van der Waals surface area (Å²) in [5, 5.41) is 9.74. The number of benzene rings is 1. The Bertz CT molecular complexity index is 1230. The van der Waals surface area contributed by atoms with Gasteiger partial charge in [0.25, 0.3) is 0 Å². The molecule has 0 unspecified atom stereocenters. The molecule has 4 heterocycles. The third-order valence-electron chi connectivity index (χ3n) is 7.20. The van der Waals surface area contributed by atoms with Crippen LogP contribution in [-0.2, 0) is 17.9 Å². The number of pyridine rings is 1. The molecule has 1 amide bonds. The number of anilines is 1. The number of hydrogen-bond donors (Lipinski definition) is 0. The van der Waals surface area contributed by atoms with Gasteiger partial charge in [-0.3, -0.25) is 9.36 Å². The van der Waals surface area contributed by atoms with E-state index < -0.39 is 0 Å². The molecular weight excluding hydrogens is 443 g/mol. The summed E-state index contributed by atoms with van der Waals surface area (Å²) in [4.78, 5) is 20.8. The molecule has 2 aromatic heterocycles. The number of hydrogen-bond acceptors (Lipinski definition) is 5. The number of carbonyl (C=O) groups is 1. The van der Waals surface area contributed by atoms with Crippen molar-refractivity contribution < 1.29 is 9.18 Å². The van der Waals surface area contributed by atoms with Crippen LogP contribution in [0.2, 0.25) is 5.02 Å². The molecule has 6 rings (SSSR count). The van der Waals surface area contributed by atoms with Gasteiger partial charge in [-0.15, -0.1) is 10.2 Å². The fourth-order valence-corrected chi connectivity index (χ4v) is 5.79. The summed E-state index contributed by atoms with van der Waals surface area (Å²) in [6, 6.07) is 9.02. The van der Waals surface area contributed by atoms with Crippen molar-refractivity contribution in [2.24, 2.45) is 5.41 Å². The van der Waals surface area contributed by atoms with Crippen LogP contribution in [0.1, 0.15) is 49.3 Å². The molecule has 3 aromatic rings. The van der Waals surface area contributed by atoms with Crippen molar-refractivity contribution in [3.63, 3.8) is 0 Å². The second-order valence-electron chi connectivity index (χ2n) is 9.48. The predicted molar refractivity (Wildman–Crippen MR) is 122 cm³/mol. The van der Waals surface area contributed by atoms with E-state index in [0.29, 0.717) is 30.5 Å². The summed E-state index contributed by atoms with van der Waals surface area (Å²) in [6.45, 7) is 4.68. The largest absolute Gasteiger partial charge is 0.355 e. The van der Waals surface area contributed by atoms with Crippen molar-refractivity contribution in [1.82, 2.24) is 24.6 Å². The van der Waals surface area contributed by atoms with Gasteiger partial charge in [-0.1, -0.05) is 18.5 Å². The first-order chi connectivity index (χ1) is 15.9. The molecule has 1 aromatic carbocycles. The molecule has 9 heteroatoms. The van der Waals surface area contributed by atoms with E-state index >= 15 is 0 Å². The van der Waals surface area contributed by atoms with Crippen LogP contribution in [0.15, 0.2) is 36.5 Å². The summed E-state index contributed by atoms with van der Waals surface area (Å²) in [7, 11) is 0. The van der Waals surface area contributed by atoms with E-state index in [0.717, 1.165) is 54.6 Å². The normalized spacial score (nSPS) is 18.9. The highest BCUT2D eigenvalue weighted by atomic mass is 35.5. The third kappa shape index (κ3) is 3.39. The quantitative estimate of drug-likeness (QED) is 0.581. The molecule has 33 heavy (non-hydrogen) atoms. The van der Waals surface area contributed by atoms with Crippen LogP contribution in [0, 0.1) is 11.2 Å². The molecule has 2 fully saturated rings. The lowest BCUT2D eigenvalue weighted by Gasteiger charge is -2.59. The molecule has 170 valence electrons. The van der Waals surface area contributed by atoms with Gasteiger partial charge in [0.2, 0.25) is 5.91 Å². The number of halogens is 2. The summed E-state index contributed by atoms with van der Waals surface area (Å²) >= 11 is 6.30. The second-order valence-corrected chi connectivity index (χ2v) is 9.92. The molecule has 1 spiro atoms. The molecule has 2 aliphatic heterocycles. The molecule has 1 aliphatic carbocycles. The van der Waals surface area contributed by atoms with Gasteiger partial charge in [0, 0.05) is 42.4 Å². The van der Waals surface area contributed by atoms with E-state index in [1.54, 1.807) is 6.07 Å². The maximum atomic E-state index is 13.2. The highest BCUT2D eigenvalue weighted by molar-refractivity contribution is 6.30. The first-order valence-corrected chi connectivity index (χ1v) is 11.7. The molecule has 0 bridgehead atoms. The molecule has 7 nitrogen and oxygen atoms in total. The van der Waals surface area contributed by atoms with Gasteiger partial charge in [-0.05, 0) is 48.7 Å². The monoisotopic (exact) mass is 466 g/mol. The van der Waals surface area contributed by atoms with Gasteiger partial charge in [-0.25, -0.2) is 9.37 Å². The zero-order valence-corrected chi connectivity index (χ0v) is 19.1. The van der Waals surface area contributed by atoms with Crippen LogP contribution < -0.4 is 4.90 Å². The van der Waals surface area contributed by atoms with Gasteiger partial charge in [0.05, 0.1) is 18.4 Å². The van der Waals surface area contributed by atoms with Crippen molar-refractivity contribution >= 4 is 23.3 Å². The first kappa shape index (κ1) is 20.6. The predicted octanol–water partition coefficient (Wildman–Crippen LogP) is 4.09. The molecule has 3 aliphatic rings. The second kappa shape index (κ2) is 7.52. The average Bonchev–Trinajstić information content (AvgIpc) is 3.07. The smallest absolute Gasteiger partial charge is 0.222 e. The molecule has 1 saturated heterocycles. The minimum Gasteiger partial charge on any atom is -0.355 e. The Kier molecular flexibility index (Phi) is 4.69. The molecular formula is C24H24ClFN6O. The van der Waals surface area contributed by atoms with Crippen LogP contribution in [0.3, 0.4) is 0 Å². The summed E-state index contributed by atoms with van der Waals surface area (Å²) in [6.07, 6.45) is 3.78. The van der Waals surface area contributed by atoms with Crippen molar-refractivity contribution in [3.05, 3.63) is 64.6 Å². The topological polar surface area (TPSA) is 67.2 Å². The number of nitrogens with zero attached hydrogens (tertiary/aromatic N) is 6. The van der Waals surface area contributed by atoms with Crippen LogP contribution in [0.5, 0.6) is 0 Å². The van der Waals surface area contributed by atoms with Crippen molar-refractivity contribution in [2.45, 2.75) is 45.2 Å². The van der Waals surface area contributed by atoms with Gasteiger partial charge in [-0.2, -0.15) is 0 Å². The standard InChI is InChI=1S/C24H24ClFN6O/c1-2-22(33)30-11-15-7-17(25)3-5-19(15)32-21(12-30)28-29-23(32)16-8-24(9-16)13-31(14-24)20-6-4-18(26)10-27-20/h3-7,10,16H,2,8-9,11-14H2,1H3. The zero-order valence-electron chi connectivity index (χ0n) is 18.3. The fraction of sp³-hybridized carbons (Fsp3) is 0.417. The van der Waals surface area contributed by atoms with Crippen molar-refractivity contribution in [3.8, 4) is 5.69 Å². The lowest BCUT2D eigenvalue weighted by Crippen LogP contribution is -2.62. The Balaban J connectivity index is 1.25. The van der Waals surface area contributed by atoms with E-state index in [1.807, 2.05) is 30.0 Å². The molecule has 0 N–H and O–H groups in total. The Hall–Kier alpha value is -3.00. The third-order valence-corrected chi connectivity index (χ3v) is 7.43. The summed E-state index contributed by atoms with van der Waals surface area (Å²) in [5.74, 6) is 2.67. The van der Waals surface area contributed by atoms with E-state index in [1.165, 1.54) is 12.3 Å². The van der Waals surface area contributed by atoms with Crippen LogP contribution in [-0.4, -0.2) is 43.6 Å². The average molecular weight is 467 g/mol. The van der Waals surface area contributed by atoms with E-state index in [2.05, 4.69) is 24.6 Å². The van der Waals surface area contributed by atoms with Gasteiger partial charge >= 0.3 is 0 Å². The first-order valence-electron chi connectivity index (χ1n) is 11.3. The highest BCUT2D eigenvalue weighted by Gasteiger charge is 2.54. The van der Waals surface area contributed by atoms with Crippen LogP contribution in [0.4, 0.5) is 10.2 Å². The number of rotatable bonds is 3. The summed E-state index contributed by atoms with van der Waals surface area (Å²) < 4.78 is 15.3. The number of fused-ring (bicyclic) bond motifs is 3. The maximum Gasteiger partial charge on any atom is 0.222 e. The molecule has 0 radical (unpaired) electrons. The lowest BCUT2D eigenvalue weighted by molar-refractivity contribution is -0.132. The van der Waals surface area contributed by atoms with Crippen LogP contribution >= 0.6 is 11.6 Å². The van der Waals surface area contributed by atoms with E-state index in [4.69, 9.17) is 11.6 Å². The molecule has 0 atom stereocenters.